The molecule has 10 rings (SSSR count). The number of aliphatic hydroxyl groups is 2. The van der Waals surface area contributed by atoms with Gasteiger partial charge in [-0.15, -0.1) is 0 Å². The molecule has 0 unspecified atom stereocenters. The molecule has 0 bridgehead atoms. The van der Waals surface area contributed by atoms with E-state index in [1.54, 1.807) is 24.7 Å². The molecule has 4 N–H and O–H groups in total. The van der Waals surface area contributed by atoms with Gasteiger partial charge >= 0.3 is 0 Å². The summed E-state index contributed by atoms with van der Waals surface area (Å²) in [6.07, 6.45) is 29.9. The molecular weight excluding hydrogens is 1030 g/mol. The van der Waals surface area contributed by atoms with Crippen LogP contribution in [0.25, 0.3) is 0 Å². The van der Waals surface area contributed by atoms with Gasteiger partial charge < -0.3 is 40.0 Å². The minimum absolute atomic E-state index is 0.0266. The average Bonchev–Trinajstić information content (AvgIpc) is 3.45. The number of piperidine rings is 4. The minimum atomic E-state index is -0.142. The number of ether oxygens (including phenoxy) is 1. The van der Waals surface area contributed by atoms with Gasteiger partial charge in [0, 0.05) is 132 Å². The molecule has 412 valence electrons. The molecule has 76 heavy (non-hydrogen) atoms. The molecule has 6 aromatic rings. The van der Waals surface area contributed by atoms with Crippen molar-refractivity contribution in [3.05, 3.63) is 134 Å². The maximum atomic E-state index is 10.4. The monoisotopic (exact) mass is 1100 g/mol. The van der Waals surface area contributed by atoms with E-state index in [4.69, 9.17) is 44.6 Å². The summed E-state index contributed by atoms with van der Waals surface area (Å²) in [7, 11) is 0. The van der Waals surface area contributed by atoms with Crippen molar-refractivity contribution in [3.63, 3.8) is 0 Å². The predicted molar refractivity (Wildman–Crippen MR) is 304 cm³/mol. The lowest BCUT2D eigenvalue weighted by Gasteiger charge is -2.32. The van der Waals surface area contributed by atoms with Crippen LogP contribution in [0.4, 0.5) is 17.8 Å². The number of aromatic amines is 1. The van der Waals surface area contributed by atoms with Crippen LogP contribution in [0.3, 0.4) is 0 Å². The number of rotatable bonds is 9. The van der Waals surface area contributed by atoms with E-state index >= 15 is 0 Å². The molecular formula is C55H77Cl3N14O4. The van der Waals surface area contributed by atoms with Gasteiger partial charge in [0.1, 0.15) is 22.2 Å². The van der Waals surface area contributed by atoms with E-state index < -0.39 is 0 Å². The average molecular weight is 1100 g/mol. The van der Waals surface area contributed by atoms with E-state index in [-0.39, 0.29) is 23.7 Å². The third kappa shape index (κ3) is 22.9. The van der Waals surface area contributed by atoms with Gasteiger partial charge in [0.25, 0.3) is 0 Å². The van der Waals surface area contributed by atoms with Gasteiger partial charge in [0.05, 0.1) is 12.2 Å². The molecule has 6 aromatic heterocycles. The third-order valence-electron chi connectivity index (χ3n) is 13.0. The summed E-state index contributed by atoms with van der Waals surface area (Å²) in [6, 6.07) is 6.32. The van der Waals surface area contributed by atoms with E-state index in [0.717, 1.165) is 163 Å². The first-order chi connectivity index (χ1) is 36.8. The number of aromatic nitrogens is 10. The molecule has 0 aliphatic carbocycles. The van der Waals surface area contributed by atoms with Crippen molar-refractivity contribution in [2.45, 2.75) is 130 Å². The van der Waals surface area contributed by atoms with Crippen LogP contribution in [-0.2, 0) is 25.7 Å². The summed E-state index contributed by atoms with van der Waals surface area (Å²) in [5.74, 6) is 4.14. The van der Waals surface area contributed by atoms with Crippen molar-refractivity contribution in [1.29, 1.82) is 0 Å². The highest BCUT2D eigenvalue weighted by molar-refractivity contribution is 6.29. The van der Waals surface area contributed by atoms with Crippen LogP contribution in [0.1, 0.15) is 108 Å². The Bertz CT molecular complexity index is 2470. The number of nitrogens with zero attached hydrogens (tertiary/aromatic N) is 12. The van der Waals surface area contributed by atoms with Crippen LogP contribution in [0.15, 0.2) is 91.0 Å². The van der Waals surface area contributed by atoms with E-state index in [1.165, 1.54) is 36.7 Å². The SMILES string of the molecule is CCc1cnc(Cl)nc1.CCc1cnc(N2CCC(C)CC2)nc1.CCc1cnc(N2CCC(O)CC2)nc1.CCc1cnc(N2CCC(Oc3ccnc(Cl)c3)CC2)nc1.O=c1cc[nH]c(Cl)c1.OC1CCNCC1. The Hall–Kier alpha value is -5.63. The second-order valence-electron chi connectivity index (χ2n) is 18.8. The van der Waals surface area contributed by atoms with Crippen molar-refractivity contribution in [1.82, 2.24) is 55.2 Å². The molecule has 0 radical (unpaired) electrons. The molecule has 4 saturated heterocycles. The summed E-state index contributed by atoms with van der Waals surface area (Å²) >= 11 is 16.7. The van der Waals surface area contributed by atoms with Crippen LogP contribution >= 0.6 is 34.8 Å². The van der Waals surface area contributed by atoms with E-state index in [9.17, 15) is 9.90 Å². The van der Waals surface area contributed by atoms with Gasteiger partial charge in [0.15, 0.2) is 5.43 Å². The van der Waals surface area contributed by atoms with Crippen molar-refractivity contribution in [3.8, 4) is 5.75 Å². The number of nitrogens with one attached hydrogen (secondary N) is 2. The van der Waals surface area contributed by atoms with Gasteiger partial charge in [-0.2, -0.15) is 0 Å². The Morgan fingerprint density at radius 2 is 0.961 bits per heavy atom. The fraction of sp³-hybridized carbons (Fsp3) is 0.527. The smallest absolute Gasteiger partial charge is 0.225 e. The fourth-order valence-corrected chi connectivity index (χ4v) is 8.36. The number of halogens is 3. The molecule has 4 aliphatic rings. The molecule has 0 atom stereocenters. The second kappa shape index (κ2) is 34.2. The number of hydrogen-bond donors (Lipinski definition) is 4. The molecule has 0 amide bonds. The lowest BCUT2D eigenvalue weighted by atomic mass is 10.00. The molecule has 0 saturated carbocycles. The first-order valence-corrected chi connectivity index (χ1v) is 27.8. The van der Waals surface area contributed by atoms with Crippen LogP contribution in [0.5, 0.6) is 5.75 Å². The molecule has 0 spiro atoms. The Kier molecular flexibility index (Phi) is 27.6. The van der Waals surface area contributed by atoms with Crippen molar-refractivity contribution in [2.75, 3.05) is 67.1 Å². The van der Waals surface area contributed by atoms with Crippen molar-refractivity contribution < 1.29 is 14.9 Å². The normalized spacial score (nSPS) is 16.2. The minimum Gasteiger partial charge on any atom is -0.490 e. The van der Waals surface area contributed by atoms with Crippen LogP contribution < -0.4 is 30.2 Å². The number of pyridine rings is 2. The standard InChI is InChI=1S/C16H19ClN4O.C12H19N3.C11H17N3O.C6H7ClN2.C5H4ClNO.C5H11NO/c1-2-12-10-19-16(20-11-12)21-7-4-13(5-8-21)22-14-3-6-18-15(17)9-14;1-3-11-8-13-12(14-9-11)15-6-4-10(2)5-7-15;1-2-9-7-12-11(13-8-9)14-5-3-10(15)4-6-14;1-2-5-3-8-6(7)9-4-5;6-5-3-4(8)1-2-7-5;7-5-1-3-6-4-2-5/h3,6,9-11,13H,2,4-5,7-8H2,1H3;8-10H,3-7H2,1-2H3;7-8,10,15H,2-6H2,1H3;3-4H,2H2,1H3;1-3H,(H,7,8);5-7H,1-4H2. The number of H-pyrrole nitrogens is 1. The zero-order valence-electron chi connectivity index (χ0n) is 44.7. The fourth-order valence-electron chi connectivity index (χ4n) is 7.93. The number of anilines is 3. The van der Waals surface area contributed by atoms with Crippen LogP contribution in [0, 0.1) is 5.92 Å². The first kappa shape index (κ1) is 61.2. The Morgan fingerprint density at radius 1 is 0.553 bits per heavy atom. The summed E-state index contributed by atoms with van der Waals surface area (Å²) in [5.41, 5.74) is 4.57. The predicted octanol–water partition coefficient (Wildman–Crippen LogP) is 8.86. The summed E-state index contributed by atoms with van der Waals surface area (Å²) in [4.78, 5) is 57.6. The highest BCUT2D eigenvalue weighted by Crippen LogP contribution is 2.23. The van der Waals surface area contributed by atoms with Gasteiger partial charge in [-0.3, -0.25) is 4.79 Å². The second-order valence-corrected chi connectivity index (χ2v) is 19.9. The molecule has 4 aliphatic heterocycles. The van der Waals surface area contributed by atoms with Gasteiger partial charge in [0.2, 0.25) is 23.1 Å². The molecule has 0 aromatic carbocycles. The van der Waals surface area contributed by atoms with Crippen LogP contribution in [0.2, 0.25) is 15.6 Å². The lowest BCUT2D eigenvalue weighted by Crippen LogP contribution is -2.39. The van der Waals surface area contributed by atoms with Gasteiger partial charge in [-0.1, -0.05) is 57.8 Å². The maximum Gasteiger partial charge on any atom is 0.225 e. The Balaban J connectivity index is 0.000000176. The molecule has 21 heteroatoms. The molecule has 4 fully saturated rings. The molecule has 18 nitrogen and oxygen atoms in total. The number of hydrogen-bond acceptors (Lipinski definition) is 17. The van der Waals surface area contributed by atoms with E-state index in [2.05, 4.69) is 97.6 Å². The van der Waals surface area contributed by atoms with Crippen molar-refractivity contribution >= 4 is 52.6 Å². The van der Waals surface area contributed by atoms with Crippen LogP contribution in [-0.4, -0.2) is 131 Å². The maximum absolute atomic E-state index is 10.4. The largest absolute Gasteiger partial charge is 0.490 e. The third-order valence-corrected chi connectivity index (χ3v) is 13.6. The highest BCUT2D eigenvalue weighted by atomic mass is 35.5. The van der Waals surface area contributed by atoms with Crippen molar-refractivity contribution in [2.24, 2.45) is 5.92 Å². The van der Waals surface area contributed by atoms with E-state index in [1.807, 2.05) is 50.2 Å². The Labute approximate surface area is 463 Å². The zero-order chi connectivity index (χ0) is 54.5. The number of aryl methyl sites for hydroxylation is 4. The van der Waals surface area contributed by atoms with Gasteiger partial charge in [-0.05, 0) is 123 Å². The highest BCUT2D eigenvalue weighted by Gasteiger charge is 2.23. The summed E-state index contributed by atoms with van der Waals surface area (Å²) in [6.45, 7) is 18.4. The van der Waals surface area contributed by atoms with E-state index in [0.29, 0.717) is 15.6 Å². The number of aliphatic hydroxyl groups excluding tert-OH is 2. The Morgan fingerprint density at radius 3 is 1.33 bits per heavy atom. The topological polar surface area (TPSA) is 220 Å². The first-order valence-electron chi connectivity index (χ1n) is 26.7. The summed E-state index contributed by atoms with van der Waals surface area (Å²) < 4.78 is 5.96. The lowest BCUT2D eigenvalue weighted by molar-refractivity contribution is 0.137. The zero-order valence-corrected chi connectivity index (χ0v) is 47.0. The van der Waals surface area contributed by atoms with Gasteiger partial charge in [-0.25, -0.2) is 44.9 Å². The summed E-state index contributed by atoms with van der Waals surface area (Å²) in [5, 5.41) is 22.6. The molecule has 10 heterocycles. The quantitative estimate of drug-likeness (QED) is 0.0784.